The number of aryl methyl sites for hydroxylation is 3. The van der Waals surface area contributed by atoms with Crippen LogP contribution in [-0.2, 0) is 14.8 Å². The zero-order valence-corrected chi connectivity index (χ0v) is 20.5. The van der Waals surface area contributed by atoms with Crippen LogP contribution in [0.4, 0.5) is 0 Å². The van der Waals surface area contributed by atoms with Gasteiger partial charge in [-0.05, 0) is 94.0 Å². The number of sulfonamides is 1. The maximum absolute atomic E-state index is 13.1. The van der Waals surface area contributed by atoms with Crippen molar-refractivity contribution in [3.8, 4) is 5.75 Å². The fourth-order valence-corrected chi connectivity index (χ4v) is 5.78. The molecular weight excluding hydrogens is 424 g/mol. The van der Waals surface area contributed by atoms with Crippen molar-refractivity contribution in [2.24, 2.45) is 5.92 Å². The Kier molecular flexibility index (Phi) is 7.62. The van der Waals surface area contributed by atoms with Crippen molar-refractivity contribution in [3.63, 3.8) is 0 Å². The Morgan fingerprint density at radius 3 is 2.44 bits per heavy atom. The number of rotatable bonds is 7. The monoisotopic (exact) mass is 458 g/mol. The van der Waals surface area contributed by atoms with Crippen LogP contribution < -0.4 is 10.1 Å². The first-order chi connectivity index (χ1) is 15.1. The summed E-state index contributed by atoms with van der Waals surface area (Å²) in [5, 5.41) is 3.11. The van der Waals surface area contributed by atoms with Crippen LogP contribution in [0.1, 0.15) is 55.0 Å². The molecule has 1 aliphatic rings. The lowest BCUT2D eigenvalue weighted by atomic mass is 9.95. The molecule has 1 aliphatic heterocycles. The van der Waals surface area contributed by atoms with E-state index >= 15 is 0 Å². The van der Waals surface area contributed by atoms with E-state index in [2.05, 4.69) is 38.2 Å². The lowest BCUT2D eigenvalue weighted by Gasteiger charge is -2.32. The average Bonchev–Trinajstić information content (AvgIpc) is 2.77. The van der Waals surface area contributed by atoms with Crippen molar-refractivity contribution < 1.29 is 17.9 Å². The van der Waals surface area contributed by atoms with Gasteiger partial charge in [0.15, 0.2) is 0 Å². The van der Waals surface area contributed by atoms with Crippen molar-refractivity contribution >= 4 is 15.9 Å². The zero-order chi connectivity index (χ0) is 23.5. The molecule has 1 N–H and O–H groups in total. The maximum atomic E-state index is 13.1. The van der Waals surface area contributed by atoms with Gasteiger partial charge in [-0.1, -0.05) is 12.1 Å². The molecule has 32 heavy (non-hydrogen) atoms. The van der Waals surface area contributed by atoms with Crippen molar-refractivity contribution in [2.45, 2.75) is 58.4 Å². The molecule has 1 fully saturated rings. The number of ether oxygens (including phenoxy) is 1. The van der Waals surface area contributed by atoms with Gasteiger partial charge in [0.25, 0.3) is 0 Å². The van der Waals surface area contributed by atoms with Crippen LogP contribution in [0.25, 0.3) is 0 Å². The first-order valence-corrected chi connectivity index (χ1v) is 12.7. The predicted octanol–water partition coefficient (Wildman–Crippen LogP) is 4.29. The van der Waals surface area contributed by atoms with Crippen molar-refractivity contribution in [3.05, 3.63) is 58.7 Å². The number of amides is 1. The fraction of sp³-hybridized carbons (Fsp3) is 0.480. The van der Waals surface area contributed by atoms with E-state index in [1.807, 2.05) is 13.8 Å². The third kappa shape index (κ3) is 5.33. The van der Waals surface area contributed by atoms with Crippen LogP contribution in [0.3, 0.4) is 0 Å². The molecule has 0 aromatic heterocycles. The van der Waals surface area contributed by atoms with Gasteiger partial charge >= 0.3 is 0 Å². The Morgan fingerprint density at radius 1 is 1.12 bits per heavy atom. The van der Waals surface area contributed by atoms with E-state index in [4.69, 9.17) is 4.74 Å². The lowest BCUT2D eigenvalue weighted by Crippen LogP contribution is -2.45. The minimum atomic E-state index is -3.66. The summed E-state index contributed by atoms with van der Waals surface area (Å²) in [6.07, 6.45) is 1.34. The number of benzene rings is 2. The molecule has 2 aromatic rings. The summed E-state index contributed by atoms with van der Waals surface area (Å²) in [4.78, 5) is 13.2. The Balaban J connectivity index is 1.69. The zero-order valence-electron chi connectivity index (χ0n) is 19.6. The quantitative estimate of drug-likeness (QED) is 0.672. The molecule has 7 heteroatoms. The average molecular weight is 459 g/mol. The molecule has 1 saturated heterocycles. The molecule has 0 spiro atoms. The van der Waals surface area contributed by atoms with E-state index < -0.39 is 10.0 Å². The third-order valence-electron chi connectivity index (χ3n) is 6.24. The Labute approximate surface area is 192 Å². The second-order valence-corrected chi connectivity index (χ2v) is 10.6. The van der Waals surface area contributed by atoms with E-state index in [9.17, 15) is 13.2 Å². The number of hydrogen-bond acceptors (Lipinski definition) is 4. The number of nitrogens with one attached hydrogen (secondary N) is 1. The van der Waals surface area contributed by atoms with Gasteiger partial charge in [-0.2, -0.15) is 4.31 Å². The van der Waals surface area contributed by atoms with Gasteiger partial charge in [0.2, 0.25) is 15.9 Å². The summed E-state index contributed by atoms with van der Waals surface area (Å²) >= 11 is 0. The molecule has 0 saturated carbocycles. The van der Waals surface area contributed by atoms with Gasteiger partial charge < -0.3 is 10.1 Å². The molecule has 2 atom stereocenters. The molecule has 0 unspecified atom stereocenters. The number of piperidine rings is 1. The molecule has 0 radical (unpaired) electrons. The van der Waals surface area contributed by atoms with Crippen LogP contribution >= 0.6 is 0 Å². The smallest absolute Gasteiger partial charge is 0.243 e. The molecule has 0 aliphatic carbocycles. The first kappa shape index (κ1) is 24.3. The van der Waals surface area contributed by atoms with E-state index in [0.29, 0.717) is 31.7 Å². The minimum absolute atomic E-state index is 0.0956. The largest absolute Gasteiger partial charge is 0.494 e. The van der Waals surface area contributed by atoms with Crippen LogP contribution in [0.5, 0.6) is 5.75 Å². The number of carbonyl (C=O) groups is 1. The van der Waals surface area contributed by atoms with E-state index in [0.717, 1.165) is 11.1 Å². The molecule has 3 rings (SSSR count). The Hall–Kier alpha value is -2.38. The molecule has 1 amide bonds. The van der Waals surface area contributed by atoms with Gasteiger partial charge in [0, 0.05) is 13.1 Å². The van der Waals surface area contributed by atoms with Crippen LogP contribution in [0, 0.1) is 26.7 Å². The third-order valence-corrected chi connectivity index (χ3v) is 8.11. The predicted molar refractivity (Wildman–Crippen MR) is 126 cm³/mol. The van der Waals surface area contributed by atoms with Crippen LogP contribution in [0.2, 0.25) is 0 Å². The highest BCUT2D eigenvalue weighted by Gasteiger charge is 2.33. The second-order valence-electron chi connectivity index (χ2n) is 8.63. The number of hydrogen-bond donors (Lipinski definition) is 1. The highest BCUT2D eigenvalue weighted by Crippen LogP contribution is 2.27. The molecule has 1 heterocycles. The first-order valence-electron chi connectivity index (χ1n) is 11.2. The summed E-state index contributed by atoms with van der Waals surface area (Å²) in [6.45, 7) is 11.2. The highest BCUT2D eigenvalue weighted by molar-refractivity contribution is 7.89. The highest BCUT2D eigenvalue weighted by atomic mass is 32.2. The van der Waals surface area contributed by atoms with Gasteiger partial charge in [-0.3, -0.25) is 4.79 Å². The van der Waals surface area contributed by atoms with E-state index in [1.165, 1.54) is 15.4 Å². The normalized spacial score (nSPS) is 18.2. The Morgan fingerprint density at radius 2 is 1.78 bits per heavy atom. The SMILES string of the molecule is CCOc1ccc(S(=O)(=O)N2CCC[C@@H](C(=O)N[C@H](C)c3cc(C)c(C)cc3C)C2)cc1. The summed E-state index contributed by atoms with van der Waals surface area (Å²) < 4.78 is 33.1. The van der Waals surface area contributed by atoms with Crippen molar-refractivity contribution in [2.75, 3.05) is 19.7 Å². The van der Waals surface area contributed by atoms with E-state index in [1.54, 1.807) is 24.3 Å². The van der Waals surface area contributed by atoms with Crippen molar-refractivity contribution in [1.29, 1.82) is 0 Å². The molecule has 6 nitrogen and oxygen atoms in total. The van der Waals surface area contributed by atoms with Crippen molar-refractivity contribution in [1.82, 2.24) is 9.62 Å². The van der Waals surface area contributed by atoms with Crippen LogP contribution in [0.15, 0.2) is 41.3 Å². The van der Waals surface area contributed by atoms with Crippen LogP contribution in [-0.4, -0.2) is 38.3 Å². The van der Waals surface area contributed by atoms with E-state index in [-0.39, 0.29) is 29.3 Å². The topological polar surface area (TPSA) is 75.7 Å². The summed E-state index contributed by atoms with van der Waals surface area (Å²) in [5.74, 6) is 0.176. The summed E-state index contributed by atoms with van der Waals surface area (Å²) in [6, 6.07) is 10.6. The summed E-state index contributed by atoms with van der Waals surface area (Å²) in [5.41, 5.74) is 4.66. The lowest BCUT2D eigenvalue weighted by molar-refractivity contribution is -0.126. The molecule has 2 aromatic carbocycles. The second kappa shape index (κ2) is 10.0. The van der Waals surface area contributed by atoms with Gasteiger partial charge in [-0.15, -0.1) is 0 Å². The minimum Gasteiger partial charge on any atom is -0.494 e. The fourth-order valence-electron chi connectivity index (χ4n) is 4.26. The molecule has 174 valence electrons. The summed E-state index contributed by atoms with van der Waals surface area (Å²) in [7, 11) is -3.66. The van der Waals surface area contributed by atoms with Gasteiger partial charge in [0.05, 0.1) is 23.5 Å². The molecule has 0 bridgehead atoms. The van der Waals surface area contributed by atoms with Gasteiger partial charge in [0.1, 0.15) is 5.75 Å². The Bertz CT molecular complexity index is 1060. The number of carbonyl (C=O) groups excluding carboxylic acids is 1. The van der Waals surface area contributed by atoms with Gasteiger partial charge in [-0.25, -0.2) is 8.42 Å². The molecular formula is C25H34N2O4S. The number of nitrogens with zero attached hydrogens (tertiary/aromatic N) is 1. The maximum Gasteiger partial charge on any atom is 0.243 e. The standard InChI is InChI=1S/C25H34N2O4S/c1-6-31-22-9-11-23(12-10-22)32(29,30)27-13-7-8-21(16-27)25(28)26-20(5)24-15-18(3)17(2)14-19(24)4/h9-12,14-15,20-21H,6-8,13,16H2,1-5H3,(H,26,28)/t20-,21-/m1/s1.